The zero-order valence-electron chi connectivity index (χ0n) is 10.4. The topological polar surface area (TPSA) is 65.4 Å². The second kappa shape index (κ2) is 6.00. The van der Waals surface area contributed by atoms with Crippen molar-refractivity contribution in [1.29, 1.82) is 5.26 Å². The average molecular weight is 283 g/mol. The quantitative estimate of drug-likeness (QED) is 0.732. The van der Waals surface area contributed by atoms with Gasteiger partial charge in [-0.05, 0) is 35.9 Å². The lowest BCUT2D eigenvalue weighted by atomic mass is 10.1. The van der Waals surface area contributed by atoms with Gasteiger partial charge in [-0.25, -0.2) is 4.98 Å². The standard InChI is InChI=1S/C15H10N4.ClH/c16-10-12(9-11-5-7-17-8-6-11)15-18-13-3-1-2-4-14(13)19-15;/h1-9H,(H,18,19);1H/b12-9-;. The Balaban J connectivity index is 0.00000147. The number of rotatable bonds is 2. The summed E-state index contributed by atoms with van der Waals surface area (Å²) in [5.41, 5.74) is 3.20. The number of aromatic amines is 1. The van der Waals surface area contributed by atoms with Crippen LogP contribution in [-0.4, -0.2) is 15.0 Å². The normalized spacial score (nSPS) is 10.8. The number of nitrogens with one attached hydrogen (secondary N) is 1. The Labute approximate surface area is 122 Å². The van der Waals surface area contributed by atoms with Gasteiger partial charge >= 0.3 is 0 Å². The van der Waals surface area contributed by atoms with Crippen molar-refractivity contribution in [3.8, 4) is 6.07 Å². The molecule has 0 radical (unpaired) electrons. The van der Waals surface area contributed by atoms with E-state index in [0.717, 1.165) is 16.6 Å². The summed E-state index contributed by atoms with van der Waals surface area (Å²) in [7, 11) is 0. The Kier molecular flexibility index (Phi) is 4.14. The highest BCUT2D eigenvalue weighted by Crippen LogP contribution is 2.18. The minimum Gasteiger partial charge on any atom is -0.337 e. The van der Waals surface area contributed by atoms with Crippen LogP contribution in [0.1, 0.15) is 11.4 Å². The van der Waals surface area contributed by atoms with E-state index < -0.39 is 0 Å². The van der Waals surface area contributed by atoms with Gasteiger partial charge in [0.1, 0.15) is 11.9 Å². The van der Waals surface area contributed by atoms with E-state index in [4.69, 9.17) is 0 Å². The zero-order valence-corrected chi connectivity index (χ0v) is 11.3. The zero-order chi connectivity index (χ0) is 13.1. The Morgan fingerprint density at radius 3 is 2.60 bits per heavy atom. The van der Waals surface area contributed by atoms with Crippen molar-refractivity contribution in [2.24, 2.45) is 0 Å². The maximum atomic E-state index is 9.27. The van der Waals surface area contributed by atoms with Gasteiger partial charge < -0.3 is 4.98 Å². The molecule has 0 bridgehead atoms. The fraction of sp³-hybridized carbons (Fsp3) is 0. The Bertz CT molecular complexity index is 751. The lowest BCUT2D eigenvalue weighted by Crippen LogP contribution is -1.85. The third-order valence-corrected chi connectivity index (χ3v) is 2.78. The largest absolute Gasteiger partial charge is 0.337 e. The van der Waals surface area contributed by atoms with Crippen LogP contribution in [0.2, 0.25) is 0 Å². The van der Waals surface area contributed by atoms with Crippen LogP contribution in [0.15, 0.2) is 48.8 Å². The van der Waals surface area contributed by atoms with Crippen molar-refractivity contribution in [2.45, 2.75) is 0 Å². The molecule has 1 N–H and O–H groups in total. The fourth-order valence-electron chi connectivity index (χ4n) is 1.86. The highest BCUT2D eigenvalue weighted by atomic mass is 35.5. The van der Waals surface area contributed by atoms with Crippen molar-refractivity contribution in [1.82, 2.24) is 15.0 Å². The predicted octanol–water partition coefficient (Wildman–Crippen LogP) is 3.44. The second-order valence-electron chi connectivity index (χ2n) is 4.05. The number of nitriles is 1. The number of hydrogen-bond donors (Lipinski definition) is 1. The van der Waals surface area contributed by atoms with E-state index in [9.17, 15) is 5.26 Å². The number of H-pyrrole nitrogens is 1. The average Bonchev–Trinajstić information content (AvgIpc) is 2.89. The van der Waals surface area contributed by atoms with Crippen molar-refractivity contribution < 1.29 is 0 Å². The summed E-state index contributed by atoms with van der Waals surface area (Å²) in [6, 6.07) is 13.6. The molecule has 0 unspecified atom stereocenters. The van der Waals surface area contributed by atoms with Gasteiger partial charge in [0.05, 0.1) is 16.6 Å². The van der Waals surface area contributed by atoms with Crippen LogP contribution in [0, 0.1) is 11.3 Å². The van der Waals surface area contributed by atoms with E-state index in [1.807, 2.05) is 36.4 Å². The van der Waals surface area contributed by atoms with Crippen molar-refractivity contribution in [3.63, 3.8) is 0 Å². The van der Waals surface area contributed by atoms with Crippen LogP contribution in [-0.2, 0) is 0 Å². The summed E-state index contributed by atoms with van der Waals surface area (Å²) in [5, 5.41) is 9.27. The first-order valence-electron chi connectivity index (χ1n) is 5.84. The first kappa shape index (κ1) is 13.8. The molecular formula is C15H11ClN4. The number of hydrogen-bond acceptors (Lipinski definition) is 3. The SMILES string of the molecule is Cl.N#C/C(=C/c1ccncc1)c1nc2ccccc2[nH]1. The molecule has 5 heteroatoms. The molecule has 20 heavy (non-hydrogen) atoms. The number of nitrogens with zero attached hydrogens (tertiary/aromatic N) is 3. The third-order valence-electron chi connectivity index (χ3n) is 2.78. The smallest absolute Gasteiger partial charge is 0.149 e. The van der Waals surface area contributed by atoms with Crippen LogP contribution in [0.4, 0.5) is 0 Å². The van der Waals surface area contributed by atoms with Crippen LogP contribution in [0.5, 0.6) is 0 Å². The first-order valence-corrected chi connectivity index (χ1v) is 5.84. The van der Waals surface area contributed by atoms with Crippen LogP contribution in [0.25, 0.3) is 22.7 Å². The second-order valence-corrected chi connectivity index (χ2v) is 4.05. The van der Waals surface area contributed by atoms with Crippen molar-refractivity contribution in [2.75, 3.05) is 0 Å². The van der Waals surface area contributed by atoms with E-state index in [1.54, 1.807) is 18.5 Å². The highest BCUT2D eigenvalue weighted by Gasteiger charge is 2.07. The minimum absolute atomic E-state index is 0. The summed E-state index contributed by atoms with van der Waals surface area (Å²) in [6.45, 7) is 0. The van der Waals surface area contributed by atoms with Crippen molar-refractivity contribution >= 4 is 35.1 Å². The molecule has 4 nitrogen and oxygen atoms in total. The number of benzene rings is 1. The number of fused-ring (bicyclic) bond motifs is 1. The van der Waals surface area contributed by atoms with E-state index in [2.05, 4.69) is 21.0 Å². The number of imidazole rings is 1. The predicted molar refractivity (Wildman–Crippen MR) is 81.1 cm³/mol. The fourth-order valence-corrected chi connectivity index (χ4v) is 1.86. The molecule has 0 saturated heterocycles. The summed E-state index contributed by atoms with van der Waals surface area (Å²) < 4.78 is 0. The summed E-state index contributed by atoms with van der Waals surface area (Å²) in [6.07, 6.45) is 5.18. The molecule has 1 aromatic carbocycles. The monoisotopic (exact) mass is 282 g/mol. The van der Waals surface area contributed by atoms with E-state index in [0.29, 0.717) is 11.4 Å². The Morgan fingerprint density at radius 1 is 1.15 bits per heavy atom. The molecule has 0 aliphatic carbocycles. The van der Waals surface area contributed by atoms with E-state index in [1.165, 1.54) is 0 Å². The number of allylic oxidation sites excluding steroid dienone is 1. The molecule has 0 aliphatic heterocycles. The van der Waals surface area contributed by atoms with Crippen LogP contribution < -0.4 is 0 Å². The van der Waals surface area contributed by atoms with E-state index in [-0.39, 0.29) is 12.4 Å². The van der Waals surface area contributed by atoms with Crippen LogP contribution >= 0.6 is 12.4 Å². The number of halogens is 1. The highest BCUT2D eigenvalue weighted by molar-refractivity contribution is 5.90. The minimum atomic E-state index is 0. The maximum Gasteiger partial charge on any atom is 0.149 e. The van der Waals surface area contributed by atoms with Gasteiger partial charge in [-0.1, -0.05) is 12.1 Å². The molecule has 0 spiro atoms. The summed E-state index contributed by atoms with van der Waals surface area (Å²) >= 11 is 0. The van der Waals surface area contributed by atoms with Gasteiger partial charge in [-0.2, -0.15) is 5.26 Å². The molecule has 0 saturated carbocycles. The van der Waals surface area contributed by atoms with Gasteiger partial charge in [0, 0.05) is 12.4 Å². The Hall–Kier alpha value is -2.64. The number of pyridine rings is 1. The van der Waals surface area contributed by atoms with Gasteiger partial charge in [-0.3, -0.25) is 4.98 Å². The molecule has 0 aliphatic rings. The van der Waals surface area contributed by atoms with Gasteiger partial charge in [0.25, 0.3) is 0 Å². The molecule has 0 atom stereocenters. The Morgan fingerprint density at radius 2 is 1.90 bits per heavy atom. The molecule has 98 valence electrons. The molecule has 2 aromatic heterocycles. The lowest BCUT2D eigenvalue weighted by molar-refractivity contribution is 1.27. The first-order chi connectivity index (χ1) is 9.36. The van der Waals surface area contributed by atoms with E-state index >= 15 is 0 Å². The molecule has 3 aromatic rings. The maximum absolute atomic E-state index is 9.27. The lowest BCUT2D eigenvalue weighted by Gasteiger charge is -1.94. The van der Waals surface area contributed by atoms with Gasteiger partial charge in [-0.15, -0.1) is 12.4 Å². The van der Waals surface area contributed by atoms with Gasteiger partial charge in [0.15, 0.2) is 0 Å². The molecule has 0 amide bonds. The molecular weight excluding hydrogens is 272 g/mol. The van der Waals surface area contributed by atoms with Crippen molar-refractivity contribution in [3.05, 3.63) is 60.2 Å². The molecule has 3 rings (SSSR count). The molecule has 0 fully saturated rings. The molecule has 2 heterocycles. The summed E-state index contributed by atoms with van der Waals surface area (Å²) in [4.78, 5) is 11.5. The van der Waals surface area contributed by atoms with Gasteiger partial charge in [0.2, 0.25) is 0 Å². The summed E-state index contributed by atoms with van der Waals surface area (Å²) in [5.74, 6) is 0.584. The van der Waals surface area contributed by atoms with Crippen LogP contribution in [0.3, 0.4) is 0 Å². The number of aromatic nitrogens is 3. The number of para-hydroxylation sites is 2. The third kappa shape index (κ3) is 2.68.